The molecule has 5 nitrogen and oxygen atoms in total. The molecule has 0 N–H and O–H groups in total. The predicted octanol–water partition coefficient (Wildman–Crippen LogP) is 5.25. The number of amides is 1. The average Bonchev–Trinajstić information content (AvgIpc) is 3.06. The van der Waals surface area contributed by atoms with Gasteiger partial charge in [-0.05, 0) is 42.8 Å². The summed E-state index contributed by atoms with van der Waals surface area (Å²) >= 11 is 0. The molecule has 2 aliphatic heterocycles. The summed E-state index contributed by atoms with van der Waals surface area (Å²) in [6, 6.07) is 25.5. The molecular formula is C28H27NO4. The lowest BCUT2D eigenvalue weighted by Gasteiger charge is -2.36. The Balaban J connectivity index is 1.41. The summed E-state index contributed by atoms with van der Waals surface area (Å²) in [5.74, 6) is 1.49. The summed E-state index contributed by atoms with van der Waals surface area (Å²) < 4.78 is 17.8. The second-order valence-corrected chi connectivity index (χ2v) is 8.55. The van der Waals surface area contributed by atoms with Crippen LogP contribution in [0.25, 0.3) is 0 Å². The lowest BCUT2D eigenvalue weighted by molar-refractivity contribution is -0.153. The summed E-state index contributed by atoms with van der Waals surface area (Å²) in [6.07, 6.45) is 2.26. The van der Waals surface area contributed by atoms with Crippen LogP contribution in [0.15, 0.2) is 90.5 Å². The molecule has 0 saturated heterocycles. The third-order valence-electron chi connectivity index (χ3n) is 6.23. The quantitative estimate of drug-likeness (QED) is 0.490. The monoisotopic (exact) mass is 441 g/mol. The highest BCUT2D eigenvalue weighted by Crippen LogP contribution is 2.49. The van der Waals surface area contributed by atoms with E-state index in [4.69, 9.17) is 14.2 Å². The van der Waals surface area contributed by atoms with Crippen molar-refractivity contribution in [3.8, 4) is 11.5 Å². The first kappa shape index (κ1) is 21.3. The summed E-state index contributed by atoms with van der Waals surface area (Å²) in [5, 5.41) is 0. The SMILES string of the molecule is COc1ccc(OC[C@@H]2C=C(C)C[C@]3(O2)C(=O)N(Cc2ccccc2)c2ccccc23)cc1. The molecule has 3 aromatic carbocycles. The third kappa shape index (κ3) is 4.00. The standard InChI is InChI=1S/C28H27NO4/c1-20-16-24(19-32-23-14-12-22(31-2)13-15-23)33-28(17-20)25-10-6-7-11-26(25)29(27(28)30)18-21-8-4-3-5-9-21/h3-16,24H,17-19H2,1-2H3/t24-,28+/m0/s1. The molecule has 0 fully saturated rings. The minimum Gasteiger partial charge on any atom is -0.497 e. The van der Waals surface area contributed by atoms with Crippen LogP contribution in [0.3, 0.4) is 0 Å². The number of hydrogen-bond donors (Lipinski definition) is 0. The van der Waals surface area contributed by atoms with Gasteiger partial charge >= 0.3 is 0 Å². The van der Waals surface area contributed by atoms with Gasteiger partial charge in [-0.1, -0.05) is 60.2 Å². The molecular weight excluding hydrogens is 414 g/mol. The minimum absolute atomic E-state index is 0.0190. The molecule has 5 rings (SSSR count). The Kier molecular flexibility index (Phi) is 5.65. The van der Waals surface area contributed by atoms with Gasteiger partial charge in [0.2, 0.25) is 0 Å². The van der Waals surface area contributed by atoms with Crippen molar-refractivity contribution in [1.82, 2.24) is 0 Å². The van der Waals surface area contributed by atoms with Crippen LogP contribution in [0.2, 0.25) is 0 Å². The first-order valence-corrected chi connectivity index (χ1v) is 11.2. The fourth-order valence-electron chi connectivity index (χ4n) is 4.74. The molecule has 1 amide bonds. The van der Waals surface area contributed by atoms with E-state index in [-0.39, 0.29) is 12.0 Å². The van der Waals surface area contributed by atoms with Gasteiger partial charge in [0.05, 0.1) is 19.3 Å². The molecule has 1 spiro atoms. The Morgan fingerprint density at radius 2 is 1.67 bits per heavy atom. The zero-order valence-electron chi connectivity index (χ0n) is 18.9. The van der Waals surface area contributed by atoms with Gasteiger partial charge in [0.15, 0.2) is 5.60 Å². The predicted molar refractivity (Wildman–Crippen MR) is 127 cm³/mol. The minimum atomic E-state index is -1.03. The van der Waals surface area contributed by atoms with Crippen LogP contribution in [0.5, 0.6) is 11.5 Å². The van der Waals surface area contributed by atoms with E-state index in [1.165, 1.54) is 0 Å². The summed E-state index contributed by atoms with van der Waals surface area (Å²) in [4.78, 5) is 15.8. The number of fused-ring (bicyclic) bond motifs is 2. The Morgan fingerprint density at radius 3 is 2.42 bits per heavy atom. The van der Waals surface area contributed by atoms with Crippen molar-refractivity contribution in [2.75, 3.05) is 18.6 Å². The molecule has 2 aliphatic rings. The molecule has 5 heteroatoms. The number of carbonyl (C=O) groups excluding carboxylic acids is 1. The number of nitrogens with zero attached hydrogens (tertiary/aromatic N) is 1. The molecule has 2 atom stereocenters. The van der Waals surface area contributed by atoms with Gasteiger partial charge in [0, 0.05) is 12.0 Å². The maximum absolute atomic E-state index is 13.9. The van der Waals surface area contributed by atoms with Gasteiger partial charge in [-0.2, -0.15) is 0 Å². The first-order valence-electron chi connectivity index (χ1n) is 11.2. The largest absolute Gasteiger partial charge is 0.497 e. The van der Waals surface area contributed by atoms with Gasteiger partial charge < -0.3 is 19.1 Å². The van der Waals surface area contributed by atoms with Crippen molar-refractivity contribution in [2.45, 2.75) is 31.6 Å². The fourth-order valence-corrected chi connectivity index (χ4v) is 4.74. The average molecular weight is 442 g/mol. The highest BCUT2D eigenvalue weighted by Gasteiger charge is 2.54. The molecule has 3 aromatic rings. The molecule has 168 valence electrons. The Morgan fingerprint density at radius 1 is 0.970 bits per heavy atom. The molecule has 0 aromatic heterocycles. The Bertz CT molecular complexity index is 1170. The van der Waals surface area contributed by atoms with E-state index in [9.17, 15) is 4.79 Å². The van der Waals surface area contributed by atoms with Crippen LogP contribution >= 0.6 is 0 Å². The van der Waals surface area contributed by atoms with Gasteiger partial charge in [0.1, 0.15) is 24.2 Å². The van der Waals surface area contributed by atoms with E-state index >= 15 is 0 Å². The van der Waals surface area contributed by atoms with Crippen molar-refractivity contribution in [2.24, 2.45) is 0 Å². The van der Waals surface area contributed by atoms with Crippen LogP contribution in [0, 0.1) is 0 Å². The van der Waals surface area contributed by atoms with Gasteiger partial charge in [0.25, 0.3) is 5.91 Å². The van der Waals surface area contributed by atoms with Crippen LogP contribution < -0.4 is 14.4 Å². The molecule has 0 saturated carbocycles. The zero-order valence-corrected chi connectivity index (χ0v) is 18.9. The maximum atomic E-state index is 13.9. The molecule has 33 heavy (non-hydrogen) atoms. The van der Waals surface area contributed by atoms with Crippen molar-refractivity contribution >= 4 is 11.6 Å². The third-order valence-corrected chi connectivity index (χ3v) is 6.23. The molecule has 0 aliphatic carbocycles. The number of rotatable bonds is 6. The van der Waals surface area contributed by atoms with Crippen molar-refractivity contribution in [1.29, 1.82) is 0 Å². The Hall–Kier alpha value is -3.57. The van der Waals surface area contributed by atoms with E-state index < -0.39 is 5.60 Å². The second-order valence-electron chi connectivity index (χ2n) is 8.55. The van der Waals surface area contributed by atoms with E-state index in [1.807, 2.05) is 83.8 Å². The summed E-state index contributed by atoms with van der Waals surface area (Å²) in [7, 11) is 1.64. The van der Waals surface area contributed by atoms with Crippen LogP contribution in [-0.2, 0) is 21.7 Å². The lowest BCUT2D eigenvalue weighted by Crippen LogP contribution is -2.47. The van der Waals surface area contributed by atoms with Gasteiger partial charge in [-0.3, -0.25) is 4.79 Å². The van der Waals surface area contributed by atoms with Gasteiger partial charge in [-0.25, -0.2) is 0 Å². The molecule has 0 radical (unpaired) electrons. The molecule has 0 unspecified atom stereocenters. The summed E-state index contributed by atoms with van der Waals surface area (Å²) in [5.41, 5.74) is 3.01. The Labute approximate surface area is 194 Å². The maximum Gasteiger partial charge on any atom is 0.264 e. The van der Waals surface area contributed by atoms with E-state index in [2.05, 4.69) is 13.0 Å². The number of carbonyl (C=O) groups is 1. The second kappa shape index (κ2) is 8.75. The highest BCUT2D eigenvalue weighted by molar-refractivity contribution is 6.07. The van der Waals surface area contributed by atoms with Crippen LogP contribution in [0.1, 0.15) is 24.5 Å². The number of anilines is 1. The van der Waals surface area contributed by atoms with Crippen molar-refractivity contribution in [3.63, 3.8) is 0 Å². The van der Waals surface area contributed by atoms with E-state index in [1.54, 1.807) is 7.11 Å². The van der Waals surface area contributed by atoms with Crippen LogP contribution in [-0.4, -0.2) is 25.7 Å². The zero-order chi connectivity index (χ0) is 22.8. The van der Waals surface area contributed by atoms with E-state index in [0.717, 1.165) is 33.9 Å². The molecule has 0 bridgehead atoms. The first-order chi connectivity index (χ1) is 16.1. The smallest absolute Gasteiger partial charge is 0.264 e. The van der Waals surface area contributed by atoms with Crippen molar-refractivity contribution < 1.29 is 19.0 Å². The van der Waals surface area contributed by atoms with Crippen LogP contribution in [0.4, 0.5) is 5.69 Å². The number of methoxy groups -OCH3 is 1. The topological polar surface area (TPSA) is 48.0 Å². The lowest BCUT2D eigenvalue weighted by atomic mass is 9.85. The number of hydrogen-bond acceptors (Lipinski definition) is 4. The highest BCUT2D eigenvalue weighted by atomic mass is 16.6. The molecule has 2 heterocycles. The van der Waals surface area contributed by atoms with Gasteiger partial charge in [-0.15, -0.1) is 0 Å². The number of ether oxygens (including phenoxy) is 3. The van der Waals surface area contributed by atoms with E-state index in [0.29, 0.717) is 19.6 Å². The summed E-state index contributed by atoms with van der Waals surface area (Å²) in [6.45, 7) is 2.89. The normalized spacial score (nSPS) is 21.6. The number of benzene rings is 3. The fraction of sp³-hybridized carbons (Fsp3) is 0.250. The van der Waals surface area contributed by atoms with Crippen molar-refractivity contribution in [3.05, 3.63) is 102 Å². The number of para-hydroxylation sites is 1.